The van der Waals surface area contributed by atoms with Gasteiger partial charge in [-0.15, -0.1) is 0 Å². The fourth-order valence-electron chi connectivity index (χ4n) is 0.844. The maximum atomic E-state index is 10.3. The third kappa shape index (κ3) is 3.27. The van der Waals surface area contributed by atoms with Gasteiger partial charge in [0.1, 0.15) is 6.20 Å². The molecule has 0 fully saturated rings. The van der Waals surface area contributed by atoms with Crippen LogP contribution in [0, 0.1) is 10.1 Å². The van der Waals surface area contributed by atoms with Crippen molar-refractivity contribution in [1.82, 2.24) is 4.98 Å². The van der Waals surface area contributed by atoms with Crippen molar-refractivity contribution in [2.75, 3.05) is 25.6 Å². The molecule has 1 aromatic rings. The van der Waals surface area contributed by atoms with Gasteiger partial charge < -0.3 is 10.1 Å². The Morgan fingerprint density at radius 1 is 1.79 bits per heavy atom. The van der Waals surface area contributed by atoms with Gasteiger partial charge in [-0.2, -0.15) is 0 Å². The Hall–Kier alpha value is -1.21. The number of aromatic nitrogens is 1. The minimum Gasteiger partial charge on any atom is -0.385 e. The number of thiazole rings is 1. The van der Waals surface area contributed by atoms with E-state index >= 15 is 0 Å². The lowest BCUT2D eigenvalue weighted by Gasteiger charge is -1.99. The summed E-state index contributed by atoms with van der Waals surface area (Å²) in [4.78, 5) is 13.7. The maximum absolute atomic E-state index is 10.3. The molecule has 1 aromatic heterocycles. The van der Waals surface area contributed by atoms with Crippen LogP contribution in [0.5, 0.6) is 0 Å². The molecular weight excluding hydrogens is 206 g/mol. The molecule has 1 rings (SSSR count). The molecule has 6 nitrogen and oxygen atoms in total. The maximum Gasteiger partial charge on any atom is 0.345 e. The average molecular weight is 217 g/mol. The topological polar surface area (TPSA) is 77.3 Å². The van der Waals surface area contributed by atoms with E-state index in [2.05, 4.69) is 10.3 Å². The molecule has 1 heterocycles. The van der Waals surface area contributed by atoms with Crippen molar-refractivity contribution in [3.8, 4) is 0 Å². The van der Waals surface area contributed by atoms with Crippen molar-refractivity contribution in [1.29, 1.82) is 0 Å². The highest BCUT2D eigenvalue weighted by molar-refractivity contribution is 7.18. The van der Waals surface area contributed by atoms with Gasteiger partial charge in [0.05, 0.1) is 4.92 Å². The largest absolute Gasteiger partial charge is 0.385 e. The Morgan fingerprint density at radius 3 is 3.14 bits per heavy atom. The summed E-state index contributed by atoms with van der Waals surface area (Å²) in [6.45, 7) is 1.37. The zero-order valence-electron chi connectivity index (χ0n) is 7.73. The molecule has 1 N–H and O–H groups in total. The van der Waals surface area contributed by atoms with Crippen LogP contribution in [-0.4, -0.2) is 30.2 Å². The fourth-order valence-corrected chi connectivity index (χ4v) is 1.50. The molecule has 14 heavy (non-hydrogen) atoms. The van der Waals surface area contributed by atoms with Gasteiger partial charge in [-0.05, 0) is 17.8 Å². The molecular formula is C7H11N3O3S. The molecule has 0 unspecified atom stereocenters. The van der Waals surface area contributed by atoms with E-state index in [1.807, 2.05) is 0 Å². The van der Waals surface area contributed by atoms with Crippen LogP contribution in [0.3, 0.4) is 0 Å². The molecule has 0 saturated heterocycles. The number of nitrogens with one attached hydrogen (secondary N) is 1. The molecule has 0 radical (unpaired) electrons. The first-order chi connectivity index (χ1) is 6.74. The Bertz CT molecular complexity index is 302. The Morgan fingerprint density at radius 2 is 2.57 bits per heavy atom. The van der Waals surface area contributed by atoms with Crippen LogP contribution in [0.1, 0.15) is 6.42 Å². The number of ether oxygens (including phenoxy) is 1. The molecule has 0 atom stereocenters. The quantitative estimate of drug-likeness (QED) is 0.444. The van der Waals surface area contributed by atoms with Crippen LogP contribution < -0.4 is 5.32 Å². The zero-order chi connectivity index (χ0) is 10.4. The number of hydrogen-bond donors (Lipinski definition) is 1. The highest BCUT2D eigenvalue weighted by atomic mass is 32.1. The van der Waals surface area contributed by atoms with Crippen LogP contribution in [-0.2, 0) is 4.74 Å². The molecule has 0 aliphatic rings. The van der Waals surface area contributed by atoms with Crippen molar-refractivity contribution >= 4 is 21.5 Å². The van der Waals surface area contributed by atoms with Crippen molar-refractivity contribution in [3.63, 3.8) is 0 Å². The Labute approximate surface area is 85.1 Å². The molecule has 0 amide bonds. The van der Waals surface area contributed by atoms with Gasteiger partial charge in [0.2, 0.25) is 0 Å². The van der Waals surface area contributed by atoms with E-state index in [1.165, 1.54) is 6.20 Å². The van der Waals surface area contributed by atoms with E-state index in [0.717, 1.165) is 17.8 Å². The fraction of sp³-hybridized carbons (Fsp3) is 0.571. The SMILES string of the molecule is COCCCNc1ncc([N+](=O)[O-])s1. The van der Waals surface area contributed by atoms with E-state index in [-0.39, 0.29) is 5.00 Å². The third-order valence-electron chi connectivity index (χ3n) is 1.47. The second kappa shape index (κ2) is 5.51. The third-order valence-corrected chi connectivity index (χ3v) is 2.38. The minimum atomic E-state index is -0.446. The Balaban J connectivity index is 2.33. The summed E-state index contributed by atoms with van der Waals surface area (Å²) in [5.74, 6) is 0. The highest BCUT2D eigenvalue weighted by Crippen LogP contribution is 2.24. The van der Waals surface area contributed by atoms with Crippen LogP contribution >= 0.6 is 11.3 Å². The van der Waals surface area contributed by atoms with Crippen LogP contribution in [0.15, 0.2) is 6.20 Å². The van der Waals surface area contributed by atoms with E-state index in [4.69, 9.17) is 4.74 Å². The molecule has 0 spiro atoms. The lowest BCUT2D eigenvalue weighted by Crippen LogP contribution is -2.03. The van der Waals surface area contributed by atoms with Gasteiger partial charge in [-0.25, -0.2) is 4.98 Å². The summed E-state index contributed by atoms with van der Waals surface area (Å²) < 4.78 is 4.86. The predicted octanol–water partition coefficient (Wildman–Crippen LogP) is 1.50. The number of nitro groups is 1. The summed E-state index contributed by atoms with van der Waals surface area (Å²) in [5.41, 5.74) is 0. The average Bonchev–Trinajstić information content (AvgIpc) is 2.61. The first-order valence-electron chi connectivity index (χ1n) is 4.07. The number of anilines is 1. The van der Waals surface area contributed by atoms with Gasteiger partial charge in [-0.3, -0.25) is 10.1 Å². The van der Waals surface area contributed by atoms with Gasteiger partial charge in [0, 0.05) is 20.3 Å². The summed E-state index contributed by atoms with van der Waals surface area (Å²) >= 11 is 1.04. The number of rotatable bonds is 6. The second-order valence-corrected chi connectivity index (χ2v) is 3.54. The normalized spacial score (nSPS) is 10.1. The van der Waals surface area contributed by atoms with Gasteiger partial charge in [0.25, 0.3) is 0 Å². The molecule has 78 valence electrons. The molecule has 0 saturated carbocycles. The summed E-state index contributed by atoms with van der Waals surface area (Å²) in [5, 5.41) is 13.9. The van der Waals surface area contributed by atoms with Crippen molar-refractivity contribution in [2.24, 2.45) is 0 Å². The smallest absolute Gasteiger partial charge is 0.345 e. The second-order valence-electron chi connectivity index (χ2n) is 2.53. The van der Waals surface area contributed by atoms with Crippen LogP contribution in [0.4, 0.5) is 10.1 Å². The number of nitrogens with zero attached hydrogens (tertiary/aromatic N) is 2. The standard InChI is InChI=1S/C7H11N3O3S/c1-13-4-2-3-8-7-9-5-6(14-7)10(11)12/h5H,2-4H2,1H3,(H,8,9). The lowest BCUT2D eigenvalue weighted by atomic mass is 10.4. The monoisotopic (exact) mass is 217 g/mol. The summed E-state index contributed by atoms with van der Waals surface area (Å²) in [7, 11) is 1.63. The Kier molecular flexibility index (Phi) is 4.27. The van der Waals surface area contributed by atoms with Gasteiger partial charge >= 0.3 is 5.00 Å². The predicted molar refractivity (Wildman–Crippen MR) is 53.8 cm³/mol. The molecule has 0 aromatic carbocycles. The molecule has 0 aliphatic carbocycles. The van der Waals surface area contributed by atoms with Crippen molar-refractivity contribution in [2.45, 2.75) is 6.42 Å². The summed E-state index contributed by atoms with van der Waals surface area (Å²) in [6.07, 6.45) is 2.10. The van der Waals surface area contributed by atoms with E-state index in [0.29, 0.717) is 18.3 Å². The molecule has 7 heteroatoms. The lowest BCUT2D eigenvalue weighted by molar-refractivity contribution is -0.380. The zero-order valence-corrected chi connectivity index (χ0v) is 8.54. The first kappa shape index (κ1) is 10.9. The van der Waals surface area contributed by atoms with E-state index in [1.54, 1.807) is 7.11 Å². The number of hydrogen-bond acceptors (Lipinski definition) is 6. The van der Waals surface area contributed by atoms with Crippen LogP contribution in [0.25, 0.3) is 0 Å². The van der Waals surface area contributed by atoms with Crippen LogP contribution in [0.2, 0.25) is 0 Å². The number of methoxy groups -OCH3 is 1. The van der Waals surface area contributed by atoms with E-state index < -0.39 is 4.92 Å². The van der Waals surface area contributed by atoms with Crippen molar-refractivity contribution in [3.05, 3.63) is 16.3 Å². The van der Waals surface area contributed by atoms with Gasteiger partial charge in [-0.1, -0.05) is 0 Å². The van der Waals surface area contributed by atoms with E-state index in [9.17, 15) is 10.1 Å². The summed E-state index contributed by atoms with van der Waals surface area (Å²) in [6, 6.07) is 0. The highest BCUT2D eigenvalue weighted by Gasteiger charge is 2.10. The molecule has 0 aliphatic heterocycles. The first-order valence-corrected chi connectivity index (χ1v) is 4.88. The van der Waals surface area contributed by atoms with Gasteiger partial charge in [0.15, 0.2) is 5.13 Å². The van der Waals surface area contributed by atoms with Crippen molar-refractivity contribution < 1.29 is 9.66 Å². The minimum absolute atomic E-state index is 0.0549. The molecule has 0 bridgehead atoms.